The summed E-state index contributed by atoms with van der Waals surface area (Å²) in [5.41, 5.74) is 7.52. The van der Waals surface area contributed by atoms with Gasteiger partial charge in [-0.05, 0) is 36.9 Å². The highest BCUT2D eigenvalue weighted by molar-refractivity contribution is 9.10. The lowest BCUT2D eigenvalue weighted by molar-refractivity contribution is 0.0985. The first-order valence-electron chi connectivity index (χ1n) is 6.25. The summed E-state index contributed by atoms with van der Waals surface area (Å²) in [7, 11) is 0. The Morgan fingerprint density at radius 3 is 2.65 bits per heavy atom. The molecule has 1 aliphatic carbocycles. The first kappa shape index (κ1) is 12.8. The minimum absolute atomic E-state index is 0.131. The van der Waals surface area contributed by atoms with Crippen LogP contribution in [0, 0.1) is 0 Å². The Hall–Kier alpha value is -0.670. The minimum Gasteiger partial charge on any atom is -0.330 e. The standard InChI is InChI=1S/C14H18BrNO/c15-13-9-11(14(17)7-8-16)5-6-12(13)10-3-1-2-4-10/h5-6,9-10H,1-4,7-8,16H2. The summed E-state index contributed by atoms with van der Waals surface area (Å²) >= 11 is 3.59. The van der Waals surface area contributed by atoms with Crippen molar-refractivity contribution in [2.24, 2.45) is 5.73 Å². The molecule has 0 aliphatic heterocycles. The maximum atomic E-state index is 11.7. The molecule has 92 valence electrons. The number of Topliss-reactive ketones (excluding diaryl/α,β-unsaturated/α-hetero) is 1. The van der Waals surface area contributed by atoms with Gasteiger partial charge in [-0.1, -0.05) is 40.9 Å². The van der Waals surface area contributed by atoms with Crippen LogP contribution in [0.4, 0.5) is 0 Å². The average Bonchev–Trinajstić information content (AvgIpc) is 2.82. The second kappa shape index (κ2) is 5.78. The SMILES string of the molecule is NCCC(=O)c1ccc(C2CCCC2)c(Br)c1. The highest BCUT2D eigenvalue weighted by Gasteiger charge is 2.19. The largest absolute Gasteiger partial charge is 0.330 e. The van der Waals surface area contributed by atoms with Gasteiger partial charge in [-0.25, -0.2) is 0 Å². The molecule has 0 atom stereocenters. The van der Waals surface area contributed by atoms with Crippen LogP contribution >= 0.6 is 15.9 Å². The molecule has 0 aromatic heterocycles. The first-order chi connectivity index (χ1) is 8.22. The van der Waals surface area contributed by atoms with Crippen molar-refractivity contribution < 1.29 is 4.79 Å². The van der Waals surface area contributed by atoms with Crippen molar-refractivity contribution in [2.75, 3.05) is 6.54 Å². The fourth-order valence-corrected chi connectivity index (χ4v) is 3.25. The molecule has 2 nitrogen and oxygen atoms in total. The van der Waals surface area contributed by atoms with E-state index in [1.807, 2.05) is 12.1 Å². The van der Waals surface area contributed by atoms with Gasteiger partial charge in [-0.2, -0.15) is 0 Å². The van der Waals surface area contributed by atoms with E-state index in [0.717, 1.165) is 10.0 Å². The van der Waals surface area contributed by atoms with E-state index in [0.29, 0.717) is 18.9 Å². The predicted octanol–water partition coefficient (Wildman–Crippen LogP) is 3.64. The molecule has 3 heteroatoms. The van der Waals surface area contributed by atoms with E-state index in [1.54, 1.807) is 0 Å². The monoisotopic (exact) mass is 295 g/mol. The Bertz CT molecular complexity index is 411. The van der Waals surface area contributed by atoms with Crippen molar-refractivity contribution in [1.29, 1.82) is 0 Å². The van der Waals surface area contributed by atoms with E-state index in [2.05, 4.69) is 22.0 Å². The summed E-state index contributed by atoms with van der Waals surface area (Å²) in [6.07, 6.45) is 5.62. The van der Waals surface area contributed by atoms with Crippen molar-refractivity contribution in [3.63, 3.8) is 0 Å². The molecule has 0 amide bonds. The number of rotatable bonds is 4. The van der Waals surface area contributed by atoms with Crippen LogP contribution in [0.5, 0.6) is 0 Å². The van der Waals surface area contributed by atoms with E-state index in [-0.39, 0.29) is 5.78 Å². The van der Waals surface area contributed by atoms with Crippen molar-refractivity contribution in [1.82, 2.24) is 0 Å². The third-order valence-electron chi connectivity index (χ3n) is 3.49. The molecule has 1 fully saturated rings. The van der Waals surface area contributed by atoms with Crippen LogP contribution in [0.15, 0.2) is 22.7 Å². The molecule has 0 saturated heterocycles. The number of nitrogens with two attached hydrogens (primary N) is 1. The summed E-state index contributed by atoms with van der Waals surface area (Å²) in [5, 5.41) is 0. The Morgan fingerprint density at radius 2 is 2.06 bits per heavy atom. The molecule has 2 N–H and O–H groups in total. The van der Waals surface area contributed by atoms with Gasteiger partial charge in [0.05, 0.1) is 0 Å². The highest BCUT2D eigenvalue weighted by atomic mass is 79.9. The Balaban J connectivity index is 2.19. The van der Waals surface area contributed by atoms with Gasteiger partial charge < -0.3 is 5.73 Å². The van der Waals surface area contributed by atoms with Crippen molar-refractivity contribution in [3.8, 4) is 0 Å². The van der Waals surface area contributed by atoms with Crippen molar-refractivity contribution >= 4 is 21.7 Å². The van der Waals surface area contributed by atoms with E-state index >= 15 is 0 Å². The lowest BCUT2D eigenvalue weighted by Gasteiger charge is -2.12. The molecular weight excluding hydrogens is 278 g/mol. The van der Waals surface area contributed by atoms with Crippen molar-refractivity contribution in [3.05, 3.63) is 33.8 Å². The number of hydrogen-bond donors (Lipinski definition) is 1. The highest BCUT2D eigenvalue weighted by Crippen LogP contribution is 2.37. The smallest absolute Gasteiger partial charge is 0.164 e. The third-order valence-corrected chi connectivity index (χ3v) is 4.18. The average molecular weight is 296 g/mol. The molecule has 0 spiro atoms. The normalized spacial score (nSPS) is 16.4. The van der Waals surface area contributed by atoms with Gasteiger partial charge in [-0.15, -0.1) is 0 Å². The predicted molar refractivity (Wildman–Crippen MR) is 73.4 cm³/mol. The molecule has 1 aromatic carbocycles. The number of benzene rings is 1. The van der Waals surface area contributed by atoms with Gasteiger partial charge in [0.1, 0.15) is 0 Å². The minimum atomic E-state index is 0.131. The summed E-state index contributed by atoms with van der Waals surface area (Å²) in [6, 6.07) is 5.99. The zero-order valence-corrected chi connectivity index (χ0v) is 11.5. The number of carbonyl (C=O) groups excluding carboxylic acids is 1. The van der Waals surface area contributed by atoms with Crippen LogP contribution in [0.25, 0.3) is 0 Å². The molecular formula is C14H18BrNO. The summed E-state index contributed by atoms with van der Waals surface area (Å²) in [6.45, 7) is 0.417. The molecule has 2 rings (SSSR count). The maximum absolute atomic E-state index is 11.7. The fraction of sp³-hybridized carbons (Fsp3) is 0.500. The zero-order chi connectivity index (χ0) is 12.3. The maximum Gasteiger partial charge on any atom is 0.164 e. The zero-order valence-electron chi connectivity index (χ0n) is 9.92. The number of halogens is 1. The second-order valence-corrected chi connectivity index (χ2v) is 5.53. The van der Waals surface area contributed by atoms with Crippen molar-refractivity contribution in [2.45, 2.75) is 38.0 Å². The molecule has 1 aliphatic rings. The van der Waals surface area contributed by atoms with Crippen LogP contribution in [0.3, 0.4) is 0 Å². The van der Waals surface area contributed by atoms with Gasteiger partial charge in [0.15, 0.2) is 5.78 Å². The second-order valence-electron chi connectivity index (χ2n) is 4.68. The van der Waals surface area contributed by atoms with E-state index in [9.17, 15) is 4.79 Å². The topological polar surface area (TPSA) is 43.1 Å². The Morgan fingerprint density at radius 1 is 1.35 bits per heavy atom. The van der Waals surface area contributed by atoms with Crippen LogP contribution in [0.1, 0.15) is 53.9 Å². The van der Waals surface area contributed by atoms with Crippen LogP contribution in [-0.2, 0) is 0 Å². The Kier molecular flexibility index (Phi) is 4.35. The summed E-state index contributed by atoms with van der Waals surface area (Å²) < 4.78 is 1.08. The van der Waals surface area contributed by atoms with Gasteiger partial charge in [0.2, 0.25) is 0 Å². The first-order valence-corrected chi connectivity index (χ1v) is 7.04. The fourth-order valence-electron chi connectivity index (χ4n) is 2.54. The molecule has 1 saturated carbocycles. The van der Waals surface area contributed by atoms with Crippen LogP contribution < -0.4 is 5.73 Å². The summed E-state index contributed by atoms with van der Waals surface area (Å²) in [5.74, 6) is 0.800. The molecule has 0 radical (unpaired) electrons. The molecule has 1 aromatic rings. The lowest BCUT2D eigenvalue weighted by atomic mass is 9.95. The molecule has 0 bridgehead atoms. The van der Waals surface area contributed by atoms with Gasteiger partial charge in [0, 0.05) is 16.5 Å². The number of ketones is 1. The lowest BCUT2D eigenvalue weighted by Crippen LogP contribution is -2.08. The summed E-state index contributed by atoms with van der Waals surface area (Å²) in [4.78, 5) is 11.7. The molecule has 17 heavy (non-hydrogen) atoms. The molecule has 0 heterocycles. The van der Waals surface area contributed by atoms with E-state index in [4.69, 9.17) is 5.73 Å². The Labute approximate surface area is 111 Å². The van der Waals surface area contributed by atoms with Gasteiger partial charge in [0.25, 0.3) is 0 Å². The van der Waals surface area contributed by atoms with E-state index in [1.165, 1.54) is 31.2 Å². The quantitative estimate of drug-likeness (QED) is 0.862. The van der Waals surface area contributed by atoms with Gasteiger partial charge >= 0.3 is 0 Å². The van der Waals surface area contributed by atoms with Gasteiger partial charge in [-0.3, -0.25) is 4.79 Å². The number of hydrogen-bond acceptors (Lipinski definition) is 2. The van der Waals surface area contributed by atoms with Crippen LogP contribution in [0.2, 0.25) is 0 Å². The number of carbonyl (C=O) groups is 1. The van der Waals surface area contributed by atoms with Crippen LogP contribution in [-0.4, -0.2) is 12.3 Å². The third kappa shape index (κ3) is 2.96. The molecule has 0 unspecified atom stereocenters. The van der Waals surface area contributed by atoms with E-state index < -0.39 is 0 Å².